The van der Waals surface area contributed by atoms with Crippen LogP contribution in [-0.4, -0.2) is 29.2 Å². The molecule has 0 bridgehead atoms. The lowest BCUT2D eigenvalue weighted by Gasteiger charge is -2.10. The lowest BCUT2D eigenvalue weighted by Crippen LogP contribution is -2.10. The molecule has 4 nitrogen and oxygen atoms in total. The van der Waals surface area contributed by atoms with E-state index in [1.165, 1.54) is 12.8 Å². The normalized spacial score (nSPS) is 15.1. The fourth-order valence-electron chi connectivity index (χ4n) is 1.74. The van der Waals surface area contributed by atoms with Gasteiger partial charge in [0.25, 0.3) is 0 Å². The Balaban J connectivity index is 1.80. The molecule has 0 aromatic carbocycles. The van der Waals surface area contributed by atoms with E-state index < -0.39 is 0 Å². The SMILES string of the molecule is CC(C)OCCCNc1cc(=S)nc(C2CC2)[nH]1. The lowest BCUT2D eigenvalue weighted by molar-refractivity contribution is 0.0787. The molecule has 1 aromatic rings. The van der Waals surface area contributed by atoms with Gasteiger partial charge in [0.1, 0.15) is 16.3 Å². The van der Waals surface area contributed by atoms with Crippen molar-refractivity contribution >= 4 is 18.0 Å². The molecule has 2 N–H and O–H groups in total. The van der Waals surface area contributed by atoms with Crippen molar-refractivity contribution in [2.45, 2.75) is 45.1 Å². The van der Waals surface area contributed by atoms with Crippen LogP contribution < -0.4 is 5.32 Å². The number of aromatic nitrogens is 2. The summed E-state index contributed by atoms with van der Waals surface area (Å²) in [5, 5.41) is 3.34. The van der Waals surface area contributed by atoms with Gasteiger partial charge >= 0.3 is 0 Å². The highest BCUT2D eigenvalue weighted by atomic mass is 32.1. The van der Waals surface area contributed by atoms with Crippen molar-refractivity contribution in [2.75, 3.05) is 18.5 Å². The molecule has 100 valence electrons. The van der Waals surface area contributed by atoms with Crippen molar-refractivity contribution < 1.29 is 4.74 Å². The molecule has 1 aliphatic carbocycles. The molecule has 0 spiro atoms. The second kappa shape index (κ2) is 6.29. The topological polar surface area (TPSA) is 49.9 Å². The number of H-pyrrole nitrogens is 1. The molecule has 0 atom stereocenters. The number of ether oxygens (including phenoxy) is 1. The standard InChI is InChI=1S/C13H21N3OS/c1-9(2)17-7-3-6-14-11-8-12(18)16-13(15-11)10-4-5-10/h8-10H,3-7H2,1-2H3,(H2,14,15,16,18). The number of hydrogen-bond donors (Lipinski definition) is 2. The Kier molecular flexibility index (Phi) is 4.72. The summed E-state index contributed by atoms with van der Waals surface area (Å²) in [6.07, 6.45) is 3.74. The molecule has 1 heterocycles. The zero-order valence-corrected chi connectivity index (χ0v) is 11.8. The van der Waals surface area contributed by atoms with E-state index in [2.05, 4.69) is 29.1 Å². The van der Waals surface area contributed by atoms with Crippen molar-refractivity contribution in [1.82, 2.24) is 9.97 Å². The fraction of sp³-hybridized carbons (Fsp3) is 0.692. The molecule has 0 amide bonds. The third-order valence-corrected chi connectivity index (χ3v) is 3.02. The van der Waals surface area contributed by atoms with Gasteiger partial charge < -0.3 is 15.0 Å². The predicted molar refractivity (Wildman–Crippen MR) is 75.6 cm³/mol. The minimum absolute atomic E-state index is 0.304. The smallest absolute Gasteiger partial charge is 0.131 e. The first-order valence-corrected chi connectivity index (χ1v) is 7.02. The van der Waals surface area contributed by atoms with E-state index in [1.54, 1.807) is 0 Å². The number of anilines is 1. The first-order chi connectivity index (χ1) is 8.65. The van der Waals surface area contributed by atoms with Gasteiger partial charge in [-0.1, -0.05) is 12.2 Å². The Morgan fingerprint density at radius 2 is 2.33 bits per heavy atom. The van der Waals surface area contributed by atoms with Gasteiger partial charge in [0.2, 0.25) is 0 Å². The van der Waals surface area contributed by atoms with Crippen molar-refractivity contribution in [3.05, 3.63) is 16.5 Å². The summed E-state index contributed by atoms with van der Waals surface area (Å²) in [4.78, 5) is 7.68. The molecular weight excluding hydrogens is 246 g/mol. The summed E-state index contributed by atoms with van der Waals surface area (Å²) in [5.41, 5.74) is 0. The molecule has 1 fully saturated rings. The van der Waals surface area contributed by atoms with Crippen LogP contribution in [0.25, 0.3) is 0 Å². The molecule has 1 aliphatic rings. The monoisotopic (exact) mass is 267 g/mol. The summed E-state index contributed by atoms with van der Waals surface area (Å²) in [7, 11) is 0. The first kappa shape index (κ1) is 13.5. The number of hydrogen-bond acceptors (Lipinski definition) is 4. The van der Waals surface area contributed by atoms with E-state index in [0.29, 0.717) is 16.7 Å². The van der Waals surface area contributed by atoms with Crippen molar-refractivity contribution in [2.24, 2.45) is 0 Å². The van der Waals surface area contributed by atoms with E-state index >= 15 is 0 Å². The maximum atomic E-state index is 5.49. The largest absolute Gasteiger partial charge is 0.379 e. The highest BCUT2D eigenvalue weighted by Crippen LogP contribution is 2.38. The van der Waals surface area contributed by atoms with Gasteiger partial charge in [-0.25, -0.2) is 4.98 Å². The molecule has 0 radical (unpaired) electrons. The predicted octanol–water partition coefficient (Wildman–Crippen LogP) is 3.24. The molecule has 2 rings (SSSR count). The van der Waals surface area contributed by atoms with Gasteiger partial charge in [-0.3, -0.25) is 0 Å². The fourth-order valence-corrected chi connectivity index (χ4v) is 1.95. The highest BCUT2D eigenvalue weighted by Gasteiger charge is 2.25. The number of nitrogens with one attached hydrogen (secondary N) is 2. The summed E-state index contributed by atoms with van der Waals surface area (Å²) in [6, 6.07) is 1.88. The van der Waals surface area contributed by atoms with Gasteiger partial charge in [0.05, 0.1) is 6.10 Å². The average molecular weight is 267 g/mol. The lowest BCUT2D eigenvalue weighted by atomic mass is 10.4. The van der Waals surface area contributed by atoms with E-state index in [0.717, 1.165) is 31.2 Å². The van der Waals surface area contributed by atoms with E-state index in [9.17, 15) is 0 Å². The second-order valence-corrected chi connectivity index (χ2v) is 5.41. The molecule has 1 saturated carbocycles. The first-order valence-electron chi connectivity index (χ1n) is 6.62. The molecule has 0 saturated heterocycles. The molecule has 1 aromatic heterocycles. The minimum atomic E-state index is 0.304. The third kappa shape index (κ3) is 4.38. The van der Waals surface area contributed by atoms with E-state index in [-0.39, 0.29) is 0 Å². The number of rotatable bonds is 7. The van der Waals surface area contributed by atoms with Gasteiger partial charge in [-0.15, -0.1) is 0 Å². The van der Waals surface area contributed by atoms with Crippen LogP contribution in [0.15, 0.2) is 6.07 Å². The van der Waals surface area contributed by atoms with Crippen LogP contribution >= 0.6 is 12.2 Å². The summed E-state index contributed by atoms with van der Waals surface area (Å²) in [5.74, 6) is 2.60. The quantitative estimate of drug-likeness (QED) is 0.588. The Hall–Kier alpha value is -0.940. The van der Waals surface area contributed by atoms with Gasteiger partial charge in [0.15, 0.2) is 0 Å². The molecule has 18 heavy (non-hydrogen) atoms. The van der Waals surface area contributed by atoms with E-state index in [4.69, 9.17) is 17.0 Å². The number of aromatic amines is 1. The molecule has 0 unspecified atom stereocenters. The van der Waals surface area contributed by atoms with Crippen LogP contribution in [0.3, 0.4) is 0 Å². The number of nitrogens with zero attached hydrogens (tertiary/aromatic N) is 1. The molecular formula is C13H21N3OS. The Bertz CT molecular complexity index is 440. The Labute approximate surface area is 113 Å². The summed E-state index contributed by atoms with van der Waals surface area (Å²) < 4.78 is 6.16. The van der Waals surface area contributed by atoms with Gasteiger partial charge in [0, 0.05) is 25.1 Å². The van der Waals surface area contributed by atoms with Crippen LogP contribution in [-0.2, 0) is 4.74 Å². The molecule has 5 heteroatoms. The van der Waals surface area contributed by atoms with Crippen molar-refractivity contribution in [1.29, 1.82) is 0 Å². The van der Waals surface area contributed by atoms with Crippen LogP contribution in [0, 0.1) is 4.64 Å². The summed E-state index contributed by atoms with van der Waals surface area (Å²) in [6.45, 7) is 5.77. The van der Waals surface area contributed by atoms with Crippen LogP contribution in [0.4, 0.5) is 5.82 Å². The second-order valence-electron chi connectivity index (χ2n) is 4.99. The zero-order valence-electron chi connectivity index (χ0n) is 11.0. The third-order valence-electron chi connectivity index (χ3n) is 2.81. The Morgan fingerprint density at radius 3 is 3.00 bits per heavy atom. The van der Waals surface area contributed by atoms with Crippen molar-refractivity contribution in [3.8, 4) is 0 Å². The van der Waals surface area contributed by atoms with Gasteiger partial charge in [-0.05, 0) is 33.1 Å². The maximum absolute atomic E-state index is 5.49. The van der Waals surface area contributed by atoms with Crippen LogP contribution in [0.2, 0.25) is 0 Å². The zero-order chi connectivity index (χ0) is 13.0. The summed E-state index contributed by atoms with van der Waals surface area (Å²) >= 11 is 5.17. The average Bonchev–Trinajstić information content (AvgIpc) is 3.11. The maximum Gasteiger partial charge on any atom is 0.131 e. The highest BCUT2D eigenvalue weighted by molar-refractivity contribution is 7.71. The minimum Gasteiger partial charge on any atom is -0.379 e. The van der Waals surface area contributed by atoms with Crippen molar-refractivity contribution in [3.63, 3.8) is 0 Å². The Morgan fingerprint density at radius 1 is 1.56 bits per heavy atom. The van der Waals surface area contributed by atoms with E-state index in [1.807, 2.05) is 6.07 Å². The van der Waals surface area contributed by atoms with Gasteiger partial charge in [-0.2, -0.15) is 0 Å². The van der Waals surface area contributed by atoms with Crippen LogP contribution in [0.5, 0.6) is 0 Å². The molecule has 0 aliphatic heterocycles. The van der Waals surface area contributed by atoms with Crippen LogP contribution in [0.1, 0.15) is 44.9 Å².